The molecular formula is C15H19BrClN3O. The van der Waals surface area contributed by atoms with E-state index >= 15 is 0 Å². The van der Waals surface area contributed by atoms with Crippen LogP contribution < -0.4 is 10.7 Å². The second-order valence-electron chi connectivity index (χ2n) is 5.26. The first-order chi connectivity index (χ1) is 10.1. The molecule has 0 heterocycles. The zero-order valence-corrected chi connectivity index (χ0v) is 14.3. The summed E-state index contributed by atoms with van der Waals surface area (Å²) in [5.41, 5.74) is 4.56. The third-order valence-corrected chi connectivity index (χ3v) is 4.47. The molecule has 0 spiro atoms. The first-order valence-electron chi connectivity index (χ1n) is 7.10. The molecular weight excluding hydrogens is 354 g/mol. The molecule has 1 aliphatic carbocycles. The van der Waals surface area contributed by atoms with Crippen LogP contribution in [-0.4, -0.2) is 18.2 Å². The van der Waals surface area contributed by atoms with E-state index in [1.165, 1.54) is 6.42 Å². The van der Waals surface area contributed by atoms with E-state index in [2.05, 4.69) is 38.7 Å². The van der Waals surface area contributed by atoms with Crippen LogP contribution >= 0.6 is 27.5 Å². The summed E-state index contributed by atoms with van der Waals surface area (Å²) in [7, 11) is 0. The standard InChI is InChI=1S/C15H19BrClN3O/c1-10-4-2-3-5-13(10)19-20-15(21)9-18-14-7-6-11(17)8-12(14)16/h6-8,10,18H,2-5,9H2,1H3,(H,20,21)/t10-/m0/s1. The van der Waals surface area contributed by atoms with Gasteiger partial charge in [0.25, 0.3) is 5.91 Å². The molecule has 0 unspecified atom stereocenters. The number of hydrogen-bond acceptors (Lipinski definition) is 3. The Morgan fingerprint density at radius 2 is 2.29 bits per heavy atom. The average molecular weight is 373 g/mol. The Bertz CT molecular complexity index is 548. The van der Waals surface area contributed by atoms with Crippen molar-refractivity contribution in [2.24, 2.45) is 11.0 Å². The predicted octanol–water partition coefficient (Wildman–Crippen LogP) is 4.20. The summed E-state index contributed by atoms with van der Waals surface area (Å²) in [5, 5.41) is 7.96. The zero-order chi connectivity index (χ0) is 15.2. The highest BCUT2D eigenvalue weighted by Gasteiger charge is 2.16. The summed E-state index contributed by atoms with van der Waals surface area (Å²) < 4.78 is 0.829. The lowest BCUT2D eigenvalue weighted by Crippen LogP contribution is -2.29. The lowest BCUT2D eigenvalue weighted by Gasteiger charge is -2.19. The van der Waals surface area contributed by atoms with Crippen LogP contribution in [0.1, 0.15) is 32.6 Å². The molecule has 1 fully saturated rings. The highest BCUT2D eigenvalue weighted by atomic mass is 79.9. The lowest BCUT2D eigenvalue weighted by atomic mass is 9.89. The number of benzene rings is 1. The first-order valence-corrected chi connectivity index (χ1v) is 8.27. The van der Waals surface area contributed by atoms with Gasteiger partial charge in [0, 0.05) is 20.9 Å². The maximum absolute atomic E-state index is 11.8. The fourth-order valence-corrected chi connectivity index (χ4v) is 3.14. The monoisotopic (exact) mass is 371 g/mol. The number of nitrogens with zero attached hydrogens (tertiary/aromatic N) is 1. The maximum Gasteiger partial charge on any atom is 0.259 e. The second-order valence-corrected chi connectivity index (χ2v) is 6.55. The quantitative estimate of drug-likeness (QED) is 0.778. The summed E-state index contributed by atoms with van der Waals surface area (Å²) in [5.74, 6) is 0.319. The molecule has 1 amide bonds. The summed E-state index contributed by atoms with van der Waals surface area (Å²) >= 11 is 9.27. The summed E-state index contributed by atoms with van der Waals surface area (Å²) in [6.07, 6.45) is 4.55. The molecule has 1 aromatic rings. The molecule has 4 nitrogen and oxygen atoms in total. The van der Waals surface area contributed by atoms with Gasteiger partial charge in [-0.1, -0.05) is 24.9 Å². The van der Waals surface area contributed by atoms with Crippen molar-refractivity contribution < 1.29 is 4.79 Å². The van der Waals surface area contributed by atoms with Gasteiger partial charge in [-0.25, -0.2) is 5.43 Å². The Kier molecular flexibility index (Phi) is 6.06. The van der Waals surface area contributed by atoms with Crippen molar-refractivity contribution in [3.8, 4) is 0 Å². The van der Waals surface area contributed by atoms with Gasteiger partial charge in [0.2, 0.25) is 0 Å². The van der Waals surface area contributed by atoms with Crippen molar-refractivity contribution in [2.45, 2.75) is 32.6 Å². The minimum atomic E-state index is -0.151. The van der Waals surface area contributed by atoms with Crippen molar-refractivity contribution in [2.75, 3.05) is 11.9 Å². The molecule has 1 aromatic carbocycles. The fourth-order valence-electron chi connectivity index (χ4n) is 2.32. The number of carbonyl (C=O) groups is 1. The Balaban J connectivity index is 1.83. The van der Waals surface area contributed by atoms with E-state index in [-0.39, 0.29) is 12.5 Å². The van der Waals surface area contributed by atoms with Crippen molar-refractivity contribution in [1.82, 2.24) is 5.43 Å². The maximum atomic E-state index is 11.8. The van der Waals surface area contributed by atoms with Gasteiger partial charge < -0.3 is 5.32 Å². The number of hydrogen-bond donors (Lipinski definition) is 2. The van der Waals surface area contributed by atoms with E-state index in [1.54, 1.807) is 12.1 Å². The molecule has 1 aliphatic rings. The SMILES string of the molecule is C[C@H]1CCCCC1=NNC(=O)CNc1ccc(Cl)cc1Br. The van der Waals surface area contributed by atoms with Crippen LogP contribution in [0.3, 0.4) is 0 Å². The molecule has 0 bridgehead atoms. The topological polar surface area (TPSA) is 53.5 Å². The largest absolute Gasteiger partial charge is 0.375 e. The second kappa shape index (κ2) is 7.80. The molecule has 2 N–H and O–H groups in total. The van der Waals surface area contributed by atoms with Crippen LogP contribution in [0.25, 0.3) is 0 Å². The summed E-state index contributed by atoms with van der Waals surface area (Å²) in [6, 6.07) is 5.39. The zero-order valence-electron chi connectivity index (χ0n) is 12.0. The smallest absolute Gasteiger partial charge is 0.259 e. The van der Waals surface area contributed by atoms with Gasteiger partial charge in [0.15, 0.2) is 0 Å². The molecule has 21 heavy (non-hydrogen) atoms. The van der Waals surface area contributed by atoms with Gasteiger partial charge in [0.05, 0.1) is 6.54 Å². The highest BCUT2D eigenvalue weighted by molar-refractivity contribution is 9.10. The molecule has 1 atom stereocenters. The van der Waals surface area contributed by atoms with Crippen molar-refractivity contribution >= 4 is 44.8 Å². The third-order valence-electron chi connectivity index (χ3n) is 3.58. The molecule has 0 aromatic heterocycles. The van der Waals surface area contributed by atoms with E-state index in [4.69, 9.17) is 11.6 Å². The number of rotatable bonds is 4. The van der Waals surface area contributed by atoms with E-state index in [1.807, 2.05) is 6.07 Å². The number of anilines is 1. The van der Waals surface area contributed by atoms with Gasteiger partial charge in [-0.3, -0.25) is 4.79 Å². The summed E-state index contributed by atoms with van der Waals surface area (Å²) in [4.78, 5) is 11.8. The van der Waals surface area contributed by atoms with Crippen molar-refractivity contribution in [3.05, 3.63) is 27.7 Å². The van der Waals surface area contributed by atoms with Gasteiger partial charge >= 0.3 is 0 Å². The molecule has 114 valence electrons. The molecule has 6 heteroatoms. The van der Waals surface area contributed by atoms with E-state index in [0.717, 1.165) is 35.1 Å². The van der Waals surface area contributed by atoms with Crippen LogP contribution in [0.5, 0.6) is 0 Å². The van der Waals surface area contributed by atoms with Crippen LogP contribution in [0.4, 0.5) is 5.69 Å². The molecule has 0 aliphatic heterocycles. The van der Waals surface area contributed by atoms with E-state index < -0.39 is 0 Å². The van der Waals surface area contributed by atoms with Gasteiger partial charge in [-0.2, -0.15) is 5.10 Å². The third kappa shape index (κ3) is 5.00. The van der Waals surface area contributed by atoms with E-state index in [9.17, 15) is 4.79 Å². The minimum absolute atomic E-state index is 0.151. The van der Waals surface area contributed by atoms with Crippen LogP contribution in [0.2, 0.25) is 5.02 Å². The fraction of sp³-hybridized carbons (Fsp3) is 0.467. The average Bonchev–Trinajstić information content (AvgIpc) is 2.45. The first kappa shape index (κ1) is 16.3. The van der Waals surface area contributed by atoms with Crippen LogP contribution in [-0.2, 0) is 4.79 Å². The lowest BCUT2D eigenvalue weighted by molar-refractivity contribution is -0.119. The Morgan fingerprint density at radius 1 is 1.48 bits per heavy atom. The van der Waals surface area contributed by atoms with Crippen molar-refractivity contribution in [1.29, 1.82) is 0 Å². The number of amides is 1. The molecule has 0 radical (unpaired) electrons. The van der Waals surface area contributed by atoms with Crippen molar-refractivity contribution in [3.63, 3.8) is 0 Å². The Labute approximate surface area is 138 Å². The number of hydrazone groups is 1. The predicted molar refractivity (Wildman–Crippen MR) is 90.9 cm³/mol. The Hall–Kier alpha value is -1.07. The van der Waals surface area contributed by atoms with Gasteiger partial charge in [-0.05, 0) is 59.3 Å². The number of halogens is 2. The highest BCUT2D eigenvalue weighted by Crippen LogP contribution is 2.25. The van der Waals surface area contributed by atoms with Crippen LogP contribution in [0.15, 0.2) is 27.8 Å². The summed E-state index contributed by atoms with van der Waals surface area (Å²) in [6.45, 7) is 2.33. The molecule has 2 rings (SSSR count). The number of nitrogens with one attached hydrogen (secondary N) is 2. The Morgan fingerprint density at radius 3 is 3.00 bits per heavy atom. The molecule has 1 saturated carbocycles. The van der Waals surface area contributed by atoms with Gasteiger partial charge in [-0.15, -0.1) is 0 Å². The van der Waals surface area contributed by atoms with Gasteiger partial charge in [0.1, 0.15) is 0 Å². The van der Waals surface area contributed by atoms with E-state index in [0.29, 0.717) is 10.9 Å². The normalized spacial score (nSPS) is 20.3. The molecule has 0 saturated heterocycles. The number of carbonyl (C=O) groups excluding carboxylic acids is 1. The van der Waals surface area contributed by atoms with Crippen LogP contribution in [0, 0.1) is 5.92 Å². The minimum Gasteiger partial charge on any atom is -0.375 e.